The zero-order chi connectivity index (χ0) is 22.9. The molecule has 0 bridgehead atoms. The molecule has 3 N–H and O–H groups in total. The standard InChI is InChI=1S/C23H21N5O3S2/c24-19-16-11-14-6-3-1-2-4-9-17(14)25-22(16)33-20(19)21(29)27-23-26-18(12-32-23)13-7-5-8-15(10-13)28(30)31/h5,7-8,10-12H,1-4,6,9,24H2,(H,26,27,29). The predicted octanol–water partition coefficient (Wildman–Crippen LogP) is 5.82. The minimum absolute atomic E-state index is 0.00858. The molecule has 0 atom stereocenters. The average molecular weight is 480 g/mol. The van der Waals surface area contributed by atoms with Gasteiger partial charge in [0.25, 0.3) is 11.6 Å². The lowest BCUT2D eigenvalue weighted by Gasteiger charge is -2.12. The van der Waals surface area contributed by atoms with Crippen LogP contribution in [0.2, 0.25) is 0 Å². The number of benzene rings is 1. The Bertz CT molecular complexity index is 1380. The van der Waals surface area contributed by atoms with E-state index in [-0.39, 0.29) is 11.6 Å². The molecule has 0 spiro atoms. The number of carbonyl (C=O) groups excluding carboxylic acids is 1. The number of carbonyl (C=O) groups is 1. The Hall–Kier alpha value is -3.37. The van der Waals surface area contributed by atoms with Crippen molar-refractivity contribution in [1.82, 2.24) is 9.97 Å². The summed E-state index contributed by atoms with van der Waals surface area (Å²) in [6.07, 6.45) is 6.70. The number of nitrogens with two attached hydrogens (primary N) is 1. The number of pyridine rings is 1. The number of nitro benzene ring substituents is 1. The van der Waals surface area contributed by atoms with Gasteiger partial charge in [-0.05, 0) is 37.3 Å². The molecule has 33 heavy (non-hydrogen) atoms. The maximum atomic E-state index is 13.0. The van der Waals surface area contributed by atoms with Crippen LogP contribution < -0.4 is 11.1 Å². The lowest BCUT2D eigenvalue weighted by molar-refractivity contribution is -0.384. The van der Waals surface area contributed by atoms with Crippen molar-refractivity contribution in [3.05, 3.63) is 62.0 Å². The summed E-state index contributed by atoms with van der Waals surface area (Å²) in [5, 5.41) is 16.8. The number of hydrogen-bond donors (Lipinski definition) is 2. The maximum Gasteiger partial charge on any atom is 0.270 e. The Kier molecular flexibility index (Phi) is 5.77. The molecule has 8 nitrogen and oxygen atoms in total. The number of thiophene rings is 1. The van der Waals surface area contributed by atoms with Gasteiger partial charge in [-0.3, -0.25) is 20.2 Å². The Labute approximate surface area is 197 Å². The number of aromatic nitrogens is 2. The second-order valence-electron chi connectivity index (χ2n) is 8.01. The van der Waals surface area contributed by atoms with Gasteiger partial charge >= 0.3 is 0 Å². The Morgan fingerprint density at radius 1 is 1.12 bits per heavy atom. The molecule has 1 amide bonds. The summed E-state index contributed by atoms with van der Waals surface area (Å²) in [5.41, 5.74) is 10.3. The summed E-state index contributed by atoms with van der Waals surface area (Å²) in [4.78, 5) is 34.1. The van der Waals surface area contributed by atoms with Crippen molar-refractivity contribution in [3.63, 3.8) is 0 Å². The Balaban J connectivity index is 1.40. The molecule has 0 unspecified atom stereocenters. The molecule has 0 aliphatic heterocycles. The first-order valence-electron chi connectivity index (χ1n) is 10.7. The largest absolute Gasteiger partial charge is 0.397 e. The van der Waals surface area contributed by atoms with E-state index in [1.54, 1.807) is 17.5 Å². The Morgan fingerprint density at radius 2 is 1.94 bits per heavy atom. The molecule has 0 saturated heterocycles. The first-order chi connectivity index (χ1) is 16.0. The van der Waals surface area contributed by atoms with Crippen molar-refractivity contribution < 1.29 is 9.72 Å². The van der Waals surface area contributed by atoms with Gasteiger partial charge in [-0.15, -0.1) is 22.7 Å². The number of non-ortho nitro benzene ring substituents is 1. The molecular formula is C23H21N5O3S2. The van der Waals surface area contributed by atoms with Gasteiger partial charge in [0, 0.05) is 34.2 Å². The fourth-order valence-electron chi connectivity index (χ4n) is 4.08. The number of nitrogens with zero attached hydrogens (tertiary/aromatic N) is 3. The van der Waals surface area contributed by atoms with Crippen LogP contribution in [0.4, 0.5) is 16.5 Å². The fourth-order valence-corrected chi connectivity index (χ4v) is 5.78. The number of anilines is 2. The summed E-state index contributed by atoms with van der Waals surface area (Å²) in [5.74, 6) is -0.331. The van der Waals surface area contributed by atoms with Crippen molar-refractivity contribution >= 4 is 55.3 Å². The highest BCUT2D eigenvalue weighted by atomic mass is 32.1. The van der Waals surface area contributed by atoms with Crippen LogP contribution in [-0.2, 0) is 12.8 Å². The molecule has 3 aromatic heterocycles. The highest BCUT2D eigenvalue weighted by molar-refractivity contribution is 7.21. The molecule has 1 aromatic carbocycles. The van der Waals surface area contributed by atoms with E-state index in [1.807, 2.05) is 0 Å². The van der Waals surface area contributed by atoms with E-state index >= 15 is 0 Å². The number of nitrogens with one attached hydrogen (secondary N) is 1. The average Bonchev–Trinajstić information content (AvgIpc) is 3.38. The smallest absolute Gasteiger partial charge is 0.270 e. The molecule has 1 aliphatic rings. The summed E-state index contributed by atoms with van der Waals surface area (Å²) >= 11 is 2.55. The summed E-state index contributed by atoms with van der Waals surface area (Å²) < 4.78 is 0. The van der Waals surface area contributed by atoms with E-state index in [0.29, 0.717) is 27.0 Å². The van der Waals surface area contributed by atoms with Crippen LogP contribution in [0.1, 0.15) is 46.6 Å². The predicted molar refractivity (Wildman–Crippen MR) is 132 cm³/mol. The van der Waals surface area contributed by atoms with Crippen LogP contribution in [-0.4, -0.2) is 20.8 Å². The number of hydrogen-bond acceptors (Lipinski definition) is 8. The van der Waals surface area contributed by atoms with Crippen molar-refractivity contribution in [2.45, 2.75) is 38.5 Å². The van der Waals surface area contributed by atoms with E-state index < -0.39 is 4.92 Å². The number of aryl methyl sites for hydroxylation is 2. The number of nitrogen functional groups attached to an aromatic ring is 1. The molecule has 0 radical (unpaired) electrons. The molecule has 5 rings (SSSR count). The van der Waals surface area contributed by atoms with Crippen molar-refractivity contribution in [2.24, 2.45) is 0 Å². The van der Waals surface area contributed by atoms with E-state index in [9.17, 15) is 14.9 Å². The topological polar surface area (TPSA) is 124 Å². The molecule has 10 heteroatoms. The summed E-state index contributed by atoms with van der Waals surface area (Å²) in [6.45, 7) is 0. The molecule has 0 saturated carbocycles. The number of thiazole rings is 1. The molecule has 0 fully saturated rings. The van der Waals surface area contributed by atoms with Crippen molar-refractivity contribution in [2.75, 3.05) is 11.1 Å². The third kappa shape index (κ3) is 4.31. The monoisotopic (exact) mass is 479 g/mol. The van der Waals surface area contributed by atoms with Crippen LogP contribution >= 0.6 is 22.7 Å². The minimum Gasteiger partial charge on any atom is -0.397 e. The molecule has 4 aromatic rings. The van der Waals surface area contributed by atoms with Crippen LogP contribution in [0, 0.1) is 10.1 Å². The van der Waals surface area contributed by atoms with E-state index in [2.05, 4.69) is 16.4 Å². The van der Waals surface area contributed by atoms with Gasteiger partial charge in [-0.2, -0.15) is 0 Å². The van der Waals surface area contributed by atoms with Crippen molar-refractivity contribution in [3.8, 4) is 11.3 Å². The highest BCUT2D eigenvalue weighted by Crippen LogP contribution is 2.36. The van der Waals surface area contributed by atoms with Gasteiger partial charge in [-0.25, -0.2) is 9.97 Å². The fraction of sp³-hybridized carbons (Fsp3) is 0.261. The number of fused-ring (bicyclic) bond motifs is 2. The molecular weight excluding hydrogens is 458 g/mol. The Morgan fingerprint density at radius 3 is 2.76 bits per heavy atom. The first kappa shape index (κ1) is 21.5. The van der Waals surface area contributed by atoms with Crippen molar-refractivity contribution in [1.29, 1.82) is 0 Å². The van der Waals surface area contributed by atoms with Gasteiger partial charge in [0.1, 0.15) is 9.71 Å². The number of rotatable bonds is 4. The van der Waals surface area contributed by atoms with Crippen LogP contribution in [0.15, 0.2) is 35.7 Å². The minimum atomic E-state index is -0.446. The quantitative estimate of drug-likeness (QED) is 0.281. The first-order valence-corrected chi connectivity index (χ1v) is 12.4. The summed E-state index contributed by atoms with van der Waals surface area (Å²) in [6, 6.07) is 8.35. The third-order valence-electron chi connectivity index (χ3n) is 5.78. The van der Waals surface area contributed by atoms with Gasteiger partial charge in [0.15, 0.2) is 5.13 Å². The number of nitro groups is 1. The van der Waals surface area contributed by atoms with Gasteiger partial charge in [0.05, 0.1) is 16.3 Å². The SMILES string of the molecule is Nc1c(C(=O)Nc2nc(-c3cccc([N+](=O)[O-])c3)cs2)sc2nc3c(cc12)CCCCCC3. The van der Waals surface area contributed by atoms with Crippen LogP contribution in [0.5, 0.6) is 0 Å². The lowest BCUT2D eigenvalue weighted by atomic mass is 9.96. The van der Waals surface area contributed by atoms with Crippen LogP contribution in [0.25, 0.3) is 21.5 Å². The normalized spacial score (nSPS) is 13.8. The molecule has 1 aliphatic carbocycles. The maximum absolute atomic E-state index is 13.0. The second-order valence-corrected chi connectivity index (χ2v) is 9.86. The van der Waals surface area contributed by atoms with Gasteiger partial charge in [-0.1, -0.05) is 25.0 Å². The zero-order valence-electron chi connectivity index (χ0n) is 17.7. The van der Waals surface area contributed by atoms with Gasteiger partial charge < -0.3 is 5.73 Å². The zero-order valence-corrected chi connectivity index (χ0v) is 19.3. The third-order valence-corrected chi connectivity index (χ3v) is 7.65. The van der Waals surface area contributed by atoms with E-state index in [0.717, 1.165) is 41.6 Å². The molecule has 3 heterocycles. The van der Waals surface area contributed by atoms with Gasteiger partial charge in [0.2, 0.25) is 0 Å². The number of amides is 1. The van der Waals surface area contributed by atoms with E-state index in [4.69, 9.17) is 10.7 Å². The summed E-state index contributed by atoms with van der Waals surface area (Å²) in [7, 11) is 0. The lowest BCUT2D eigenvalue weighted by Crippen LogP contribution is -2.11. The highest BCUT2D eigenvalue weighted by Gasteiger charge is 2.21. The second kappa shape index (κ2) is 8.87. The van der Waals surface area contributed by atoms with E-state index in [1.165, 1.54) is 53.2 Å². The van der Waals surface area contributed by atoms with Crippen LogP contribution in [0.3, 0.4) is 0 Å². The molecule has 168 valence electrons.